The number of aromatic nitrogens is 4. The Morgan fingerprint density at radius 3 is 2.47 bits per heavy atom. The summed E-state index contributed by atoms with van der Waals surface area (Å²) in [5, 5.41) is 5.53. The zero-order valence-corrected chi connectivity index (χ0v) is 19.4. The van der Waals surface area contributed by atoms with Crippen LogP contribution in [0.4, 0.5) is 10.2 Å². The van der Waals surface area contributed by atoms with E-state index in [1.54, 1.807) is 12.1 Å². The normalized spacial score (nSPS) is 14.4. The molecular formula is C26H27FN6O. The van der Waals surface area contributed by atoms with E-state index >= 15 is 0 Å². The molecule has 5 rings (SSSR count). The lowest BCUT2D eigenvalue weighted by Crippen LogP contribution is -2.35. The predicted octanol–water partition coefficient (Wildman–Crippen LogP) is 4.18. The van der Waals surface area contributed by atoms with Crippen LogP contribution in [-0.4, -0.2) is 56.7 Å². The number of rotatable bonds is 4. The number of hydrogen-bond acceptors (Lipinski definition) is 5. The van der Waals surface area contributed by atoms with E-state index in [4.69, 9.17) is 9.97 Å². The minimum atomic E-state index is -0.343. The summed E-state index contributed by atoms with van der Waals surface area (Å²) in [7, 11) is 0. The average Bonchev–Trinajstić information content (AvgIpc) is 3.13. The molecule has 0 spiro atoms. The van der Waals surface area contributed by atoms with Crippen molar-refractivity contribution in [3.8, 4) is 5.69 Å². The highest BCUT2D eigenvalue weighted by Gasteiger charge is 2.24. The first-order valence-electron chi connectivity index (χ1n) is 11.6. The minimum absolute atomic E-state index is 0.0730. The zero-order chi connectivity index (χ0) is 23.7. The molecule has 2 aromatic heterocycles. The molecule has 3 heterocycles. The molecule has 2 aromatic carbocycles. The fraction of sp³-hybridized carbons (Fsp3) is 0.308. The number of aryl methyl sites for hydroxylation is 2. The average molecular weight is 459 g/mol. The molecule has 1 aliphatic heterocycles. The third-order valence-electron chi connectivity index (χ3n) is 6.22. The number of fused-ring (bicyclic) bond motifs is 1. The van der Waals surface area contributed by atoms with Gasteiger partial charge >= 0.3 is 0 Å². The molecule has 1 fully saturated rings. The number of nitrogens with zero attached hydrogens (tertiary/aromatic N) is 6. The fourth-order valence-corrected chi connectivity index (χ4v) is 4.32. The smallest absolute Gasteiger partial charge is 0.253 e. The van der Waals surface area contributed by atoms with Gasteiger partial charge in [0.2, 0.25) is 0 Å². The van der Waals surface area contributed by atoms with Crippen molar-refractivity contribution in [2.24, 2.45) is 0 Å². The predicted molar refractivity (Wildman–Crippen MR) is 130 cm³/mol. The molecule has 1 saturated heterocycles. The van der Waals surface area contributed by atoms with E-state index < -0.39 is 0 Å². The van der Waals surface area contributed by atoms with Crippen molar-refractivity contribution in [1.29, 1.82) is 0 Å². The van der Waals surface area contributed by atoms with Crippen LogP contribution in [0, 0.1) is 12.7 Å². The van der Waals surface area contributed by atoms with Crippen LogP contribution >= 0.6 is 0 Å². The quantitative estimate of drug-likeness (QED) is 0.459. The van der Waals surface area contributed by atoms with Crippen LogP contribution in [0.2, 0.25) is 0 Å². The second-order valence-electron chi connectivity index (χ2n) is 8.59. The second-order valence-corrected chi connectivity index (χ2v) is 8.59. The molecule has 0 radical (unpaired) electrons. The summed E-state index contributed by atoms with van der Waals surface area (Å²) in [4.78, 5) is 26.7. The molecule has 0 unspecified atom stereocenters. The number of hydrogen-bond donors (Lipinski definition) is 0. The monoisotopic (exact) mass is 458 g/mol. The third kappa shape index (κ3) is 4.23. The third-order valence-corrected chi connectivity index (χ3v) is 6.22. The van der Waals surface area contributed by atoms with E-state index in [1.807, 2.05) is 34.8 Å². The molecule has 0 bridgehead atoms. The van der Waals surface area contributed by atoms with Crippen LogP contribution < -0.4 is 4.90 Å². The number of carbonyl (C=O) groups is 1. The highest BCUT2D eigenvalue weighted by Crippen LogP contribution is 2.27. The Labute approximate surface area is 197 Å². The first-order chi connectivity index (χ1) is 16.5. The molecule has 7 nitrogen and oxygen atoms in total. The Balaban J connectivity index is 1.44. The molecule has 1 aliphatic rings. The van der Waals surface area contributed by atoms with Gasteiger partial charge in [0.15, 0.2) is 5.65 Å². The summed E-state index contributed by atoms with van der Waals surface area (Å²) in [6.07, 6.45) is 3.35. The van der Waals surface area contributed by atoms with Gasteiger partial charge in [-0.2, -0.15) is 5.10 Å². The number of amides is 1. The summed E-state index contributed by atoms with van der Waals surface area (Å²) in [5.41, 5.74) is 3.44. The van der Waals surface area contributed by atoms with E-state index in [9.17, 15) is 9.18 Å². The molecule has 1 amide bonds. The topological polar surface area (TPSA) is 67.2 Å². The molecule has 0 saturated carbocycles. The maximum Gasteiger partial charge on any atom is 0.253 e. The lowest BCUT2D eigenvalue weighted by atomic mass is 10.2. The van der Waals surface area contributed by atoms with Crippen LogP contribution in [0.3, 0.4) is 0 Å². The number of halogens is 1. The van der Waals surface area contributed by atoms with Crippen LogP contribution in [0.25, 0.3) is 16.7 Å². The first kappa shape index (κ1) is 22.0. The first-order valence-corrected chi connectivity index (χ1v) is 11.6. The van der Waals surface area contributed by atoms with Crippen molar-refractivity contribution in [3.05, 3.63) is 77.5 Å². The number of anilines is 1. The molecule has 174 valence electrons. The molecule has 34 heavy (non-hydrogen) atoms. The van der Waals surface area contributed by atoms with Gasteiger partial charge < -0.3 is 9.80 Å². The fourth-order valence-electron chi connectivity index (χ4n) is 4.32. The van der Waals surface area contributed by atoms with Gasteiger partial charge in [0.25, 0.3) is 5.91 Å². The van der Waals surface area contributed by atoms with Gasteiger partial charge in [0.1, 0.15) is 17.5 Å². The highest BCUT2D eigenvalue weighted by molar-refractivity contribution is 5.94. The van der Waals surface area contributed by atoms with Gasteiger partial charge in [-0.25, -0.2) is 19.0 Å². The van der Waals surface area contributed by atoms with E-state index in [1.165, 1.54) is 17.7 Å². The van der Waals surface area contributed by atoms with Crippen molar-refractivity contribution in [2.75, 3.05) is 31.1 Å². The van der Waals surface area contributed by atoms with Crippen LogP contribution in [-0.2, 0) is 6.42 Å². The largest absolute Gasteiger partial charge is 0.354 e. The summed E-state index contributed by atoms with van der Waals surface area (Å²) >= 11 is 0. The van der Waals surface area contributed by atoms with Crippen LogP contribution in [0.5, 0.6) is 0 Å². The van der Waals surface area contributed by atoms with Gasteiger partial charge in [-0.3, -0.25) is 4.79 Å². The molecular weight excluding hydrogens is 431 g/mol. The summed E-state index contributed by atoms with van der Waals surface area (Å²) in [6, 6.07) is 13.9. The zero-order valence-electron chi connectivity index (χ0n) is 19.4. The van der Waals surface area contributed by atoms with Gasteiger partial charge in [-0.05, 0) is 49.7 Å². The second kappa shape index (κ2) is 9.21. The van der Waals surface area contributed by atoms with Crippen molar-refractivity contribution in [1.82, 2.24) is 24.6 Å². The Bertz CT molecular complexity index is 1320. The molecule has 4 aromatic rings. The Kier molecular flexibility index (Phi) is 5.96. The maximum atomic E-state index is 13.3. The lowest BCUT2D eigenvalue weighted by Gasteiger charge is -2.23. The van der Waals surface area contributed by atoms with Crippen LogP contribution in [0.15, 0.2) is 54.7 Å². The Morgan fingerprint density at radius 1 is 0.971 bits per heavy atom. The van der Waals surface area contributed by atoms with Gasteiger partial charge in [-0.15, -0.1) is 0 Å². The van der Waals surface area contributed by atoms with Gasteiger partial charge in [0.05, 0.1) is 17.3 Å². The number of carbonyl (C=O) groups excluding carboxylic acids is 1. The van der Waals surface area contributed by atoms with E-state index in [0.29, 0.717) is 31.6 Å². The molecule has 8 heteroatoms. The highest BCUT2D eigenvalue weighted by atomic mass is 19.1. The standard InChI is InChI=1S/C26H27FN6O/c1-3-23-29-24(22-17-28-33(25(22)30-23)21-11-5-18(2)6-12-21)31-13-4-14-32(16-15-31)26(34)19-7-9-20(27)10-8-19/h5-12,17H,3-4,13-16H2,1-2H3. The molecule has 0 aliphatic carbocycles. The summed E-state index contributed by atoms with van der Waals surface area (Å²) in [5.74, 6) is 1.21. The number of benzene rings is 2. The lowest BCUT2D eigenvalue weighted by molar-refractivity contribution is 0.0767. The van der Waals surface area contributed by atoms with E-state index in [2.05, 4.69) is 29.1 Å². The Morgan fingerprint density at radius 2 is 1.74 bits per heavy atom. The Hall–Kier alpha value is -3.81. The van der Waals surface area contributed by atoms with E-state index in [-0.39, 0.29) is 11.7 Å². The van der Waals surface area contributed by atoms with Crippen molar-refractivity contribution in [3.63, 3.8) is 0 Å². The molecule has 0 N–H and O–H groups in total. The maximum absolute atomic E-state index is 13.3. The minimum Gasteiger partial charge on any atom is -0.354 e. The SMILES string of the molecule is CCc1nc(N2CCCN(C(=O)c3ccc(F)cc3)CC2)c2cnn(-c3ccc(C)cc3)c2n1. The van der Waals surface area contributed by atoms with Crippen LogP contribution in [0.1, 0.15) is 35.1 Å². The van der Waals surface area contributed by atoms with Crippen molar-refractivity contribution in [2.45, 2.75) is 26.7 Å². The van der Waals surface area contributed by atoms with Gasteiger partial charge in [0, 0.05) is 38.2 Å². The van der Waals surface area contributed by atoms with Gasteiger partial charge in [-0.1, -0.05) is 24.6 Å². The summed E-state index contributed by atoms with van der Waals surface area (Å²) in [6.45, 7) is 6.74. The molecule has 0 atom stereocenters. The van der Waals surface area contributed by atoms with Crippen molar-refractivity contribution < 1.29 is 9.18 Å². The van der Waals surface area contributed by atoms with E-state index in [0.717, 1.165) is 41.3 Å². The summed E-state index contributed by atoms with van der Waals surface area (Å²) < 4.78 is 15.1. The van der Waals surface area contributed by atoms with Crippen molar-refractivity contribution >= 4 is 22.8 Å².